The van der Waals surface area contributed by atoms with Crippen LogP contribution >= 0.6 is 0 Å². The highest BCUT2D eigenvalue weighted by Crippen LogP contribution is 2.23. The lowest BCUT2D eigenvalue weighted by molar-refractivity contribution is 0.101. The highest BCUT2D eigenvalue weighted by molar-refractivity contribution is 6.04. The molecule has 0 aliphatic carbocycles. The average Bonchev–Trinajstić information content (AvgIpc) is 2.74. The van der Waals surface area contributed by atoms with Crippen molar-refractivity contribution in [1.82, 2.24) is 0 Å². The van der Waals surface area contributed by atoms with E-state index in [0.717, 1.165) is 5.56 Å². The van der Waals surface area contributed by atoms with Crippen LogP contribution < -0.4 is 10.1 Å². The molecule has 0 spiro atoms. The molecule has 1 N–H and O–H groups in total. The summed E-state index contributed by atoms with van der Waals surface area (Å²) < 4.78 is 5.97. The van der Waals surface area contributed by atoms with Crippen LogP contribution in [0.25, 0.3) is 0 Å². The van der Waals surface area contributed by atoms with Crippen molar-refractivity contribution < 1.29 is 14.3 Å². The van der Waals surface area contributed by atoms with Gasteiger partial charge in [0, 0.05) is 16.8 Å². The number of rotatable bonds is 6. The first-order valence-electron chi connectivity index (χ1n) is 9.15. The number of nitrogens with zero attached hydrogens (tertiary/aromatic N) is 1. The third kappa shape index (κ3) is 5.08. The molecule has 0 fully saturated rings. The number of hydrogen-bond donors (Lipinski definition) is 1. The van der Waals surface area contributed by atoms with E-state index in [1.807, 2.05) is 25.1 Å². The normalized spacial score (nSPS) is 11.2. The number of carbonyl (C=O) groups is 2. The van der Waals surface area contributed by atoms with Crippen LogP contribution in [-0.2, 0) is 0 Å². The van der Waals surface area contributed by atoms with Crippen LogP contribution in [0.4, 0.5) is 5.69 Å². The van der Waals surface area contributed by atoms with Crippen LogP contribution in [0.15, 0.2) is 72.8 Å². The van der Waals surface area contributed by atoms with Crippen molar-refractivity contribution >= 4 is 17.4 Å². The minimum absolute atomic E-state index is 0.0195. The second-order valence-electron chi connectivity index (χ2n) is 6.61. The Hall–Kier alpha value is -3.91. The van der Waals surface area contributed by atoms with Crippen LogP contribution in [0.1, 0.15) is 51.8 Å². The number of nitriles is 1. The lowest BCUT2D eigenvalue weighted by atomic mass is 10.1. The second kappa shape index (κ2) is 8.85. The van der Waals surface area contributed by atoms with Gasteiger partial charge in [-0.3, -0.25) is 9.59 Å². The molecule has 1 atom stereocenters. The molecule has 0 saturated heterocycles. The van der Waals surface area contributed by atoms with E-state index in [9.17, 15) is 9.59 Å². The number of anilines is 1. The lowest BCUT2D eigenvalue weighted by Crippen LogP contribution is -2.12. The molecule has 5 nitrogen and oxygen atoms in total. The number of ketones is 1. The molecule has 29 heavy (non-hydrogen) atoms. The van der Waals surface area contributed by atoms with Crippen molar-refractivity contribution in [1.29, 1.82) is 5.26 Å². The van der Waals surface area contributed by atoms with Crippen molar-refractivity contribution in [3.05, 3.63) is 95.1 Å². The quantitative estimate of drug-likeness (QED) is 0.596. The molecule has 1 amide bonds. The van der Waals surface area contributed by atoms with Crippen molar-refractivity contribution in [3.63, 3.8) is 0 Å². The zero-order valence-corrected chi connectivity index (χ0v) is 16.2. The van der Waals surface area contributed by atoms with Crippen molar-refractivity contribution in [2.75, 3.05) is 5.32 Å². The maximum absolute atomic E-state index is 12.5. The molecule has 3 rings (SSSR count). The molecule has 3 aromatic carbocycles. The van der Waals surface area contributed by atoms with E-state index in [1.165, 1.54) is 6.92 Å². The molecule has 0 aliphatic rings. The zero-order valence-electron chi connectivity index (χ0n) is 16.2. The first-order chi connectivity index (χ1) is 14.0. The number of nitrogens with one attached hydrogen (secondary N) is 1. The van der Waals surface area contributed by atoms with Gasteiger partial charge in [-0.25, -0.2) is 0 Å². The van der Waals surface area contributed by atoms with Crippen LogP contribution in [0.5, 0.6) is 5.75 Å². The predicted octanol–water partition coefficient (Wildman–Crippen LogP) is 5.15. The Bertz CT molecular complexity index is 1060. The third-order valence-electron chi connectivity index (χ3n) is 4.47. The molecular weight excluding hydrogens is 364 g/mol. The van der Waals surface area contributed by atoms with Crippen molar-refractivity contribution in [3.8, 4) is 11.8 Å². The van der Waals surface area contributed by atoms with E-state index in [-0.39, 0.29) is 17.8 Å². The van der Waals surface area contributed by atoms with Gasteiger partial charge in [-0.1, -0.05) is 30.3 Å². The smallest absolute Gasteiger partial charge is 0.255 e. The first kappa shape index (κ1) is 19.8. The second-order valence-corrected chi connectivity index (χ2v) is 6.61. The molecule has 5 heteroatoms. The van der Waals surface area contributed by atoms with Crippen LogP contribution in [0, 0.1) is 11.3 Å². The summed E-state index contributed by atoms with van der Waals surface area (Å²) in [4.78, 5) is 23.9. The third-order valence-corrected chi connectivity index (χ3v) is 4.47. The molecule has 0 saturated carbocycles. The Balaban J connectivity index is 1.68. The van der Waals surface area contributed by atoms with Crippen molar-refractivity contribution in [2.45, 2.75) is 20.0 Å². The van der Waals surface area contributed by atoms with E-state index >= 15 is 0 Å². The van der Waals surface area contributed by atoms with E-state index in [2.05, 4.69) is 5.32 Å². The first-order valence-corrected chi connectivity index (χ1v) is 9.15. The Labute approximate surface area is 169 Å². The number of amides is 1. The van der Waals surface area contributed by atoms with Gasteiger partial charge in [0.25, 0.3) is 5.91 Å². The molecular formula is C24H20N2O3. The fraction of sp³-hybridized carbons (Fsp3) is 0.125. The predicted molar refractivity (Wildman–Crippen MR) is 111 cm³/mol. The van der Waals surface area contributed by atoms with Crippen LogP contribution in [0.3, 0.4) is 0 Å². The summed E-state index contributed by atoms with van der Waals surface area (Å²) in [6, 6.07) is 22.9. The number of hydrogen-bond acceptors (Lipinski definition) is 4. The molecule has 0 bridgehead atoms. The minimum atomic E-state index is -0.265. The number of ether oxygens (including phenoxy) is 1. The van der Waals surface area contributed by atoms with Gasteiger partial charge in [0.05, 0.1) is 11.6 Å². The SMILES string of the molecule is CC(=O)c1ccc([C@@H](C)Oc2cccc(C(=O)Nc3ccc(C#N)cc3)c2)cc1. The minimum Gasteiger partial charge on any atom is -0.486 e. The fourth-order valence-corrected chi connectivity index (χ4v) is 2.80. The van der Waals surface area contributed by atoms with Gasteiger partial charge in [0.1, 0.15) is 11.9 Å². The summed E-state index contributed by atoms with van der Waals surface area (Å²) >= 11 is 0. The van der Waals surface area contributed by atoms with E-state index in [4.69, 9.17) is 10.00 Å². The van der Waals surface area contributed by atoms with Gasteiger partial charge in [-0.2, -0.15) is 5.26 Å². The zero-order chi connectivity index (χ0) is 20.8. The maximum atomic E-state index is 12.5. The van der Waals surface area contributed by atoms with E-state index in [1.54, 1.807) is 60.7 Å². The van der Waals surface area contributed by atoms with Gasteiger partial charge in [-0.05, 0) is 61.9 Å². The number of benzene rings is 3. The molecule has 0 unspecified atom stereocenters. The largest absolute Gasteiger partial charge is 0.486 e. The maximum Gasteiger partial charge on any atom is 0.255 e. The van der Waals surface area contributed by atoms with Gasteiger partial charge in [-0.15, -0.1) is 0 Å². The summed E-state index contributed by atoms with van der Waals surface area (Å²) in [5.41, 5.74) is 3.19. The molecule has 0 radical (unpaired) electrons. The van der Waals surface area contributed by atoms with E-state index in [0.29, 0.717) is 28.1 Å². The molecule has 0 heterocycles. The van der Waals surface area contributed by atoms with Crippen LogP contribution in [0.2, 0.25) is 0 Å². The lowest BCUT2D eigenvalue weighted by Gasteiger charge is -2.16. The van der Waals surface area contributed by atoms with Crippen molar-refractivity contribution in [2.24, 2.45) is 0 Å². The highest BCUT2D eigenvalue weighted by atomic mass is 16.5. The summed E-state index contributed by atoms with van der Waals surface area (Å²) in [5, 5.41) is 11.6. The van der Waals surface area contributed by atoms with Gasteiger partial charge in [0.2, 0.25) is 0 Å². The van der Waals surface area contributed by atoms with Crippen LogP contribution in [-0.4, -0.2) is 11.7 Å². The molecule has 144 valence electrons. The number of Topliss-reactive ketones (excluding diaryl/α,β-unsaturated/α-hetero) is 1. The van der Waals surface area contributed by atoms with E-state index < -0.39 is 0 Å². The molecule has 0 aliphatic heterocycles. The average molecular weight is 384 g/mol. The summed E-state index contributed by atoms with van der Waals surface area (Å²) in [5.74, 6) is 0.324. The Morgan fingerprint density at radius 1 is 0.966 bits per heavy atom. The highest BCUT2D eigenvalue weighted by Gasteiger charge is 2.11. The summed E-state index contributed by atoms with van der Waals surface area (Å²) in [6.45, 7) is 3.44. The standard InChI is InChI=1S/C24H20N2O3/c1-16(27)19-8-10-20(11-9-19)17(2)29-23-5-3-4-21(14-23)24(28)26-22-12-6-18(15-25)7-13-22/h3-14,17H,1-2H3,(H,26,28)/t17-/m1/s1. The molecule has 0 aromatic heterocycles. The summed E-state index contributed by atoms with van der Waals surface area (Å²) in [7, 11) is 0. The monoisotopic (exact) mass is 384 g/mol. The Kier molecular flexibility index (Phi) is 6.06. The topological polar surface area (TPSA) is 79.2 Å². The Morgan fingerprint density at radius 2 is 1.66 bits per heavy atom. The van der Waals surface area contributed by atoms with Gasteiger partial charge < -0.3 is 10.1 Å². The van der Waals surface area contributed by atoms with Gasteiger partial charge in [0.15, 0.2) is 5.78 Å². The Morgan fingerprint density at radius 3 is 2.28 bits per heavy atom. The fourth-order valence-electron chi connectivity index (χ4n) is 2.80. The number of carbonyl (C=O) groups excluding carboxylic acids is 2. The molecule has 3 aromatic rings. The summed E-state index contributed by atoms with van der Waals surface area (Å²) in [6.07, 6.45) is -0.243. The van der Waals surface area contributed by atoms with Gasteiger partial charge >= 0.3 is 0 Å².